The number of rotatable bonds is 2. The zero-order valence-corrected chi connectivity index (χ0v) is 8.98. The SMILES string of the molecule is O=c1c2sccc2ncn1Cc1ccno1. The molecule has 0 amide bonds. The Hall–Kier alpha value is -1.95. The largest absolute Gasteiger partial charge is 0.359 e. The molecular weight excluding hydrogens is 226 g/mol. The Kier molecular flexibility index (Phi) is 2.07. The molecule has 3 aromatic rings. The van der Waals surface area contributed by atoms with E-state index in [1.807, 2.05) is 11.4 Å². The molecule has 3 aromatic heterocycles. The van der Waals surface area contributed by atoms with Gasteiger partial charge in [0.2, 0.25) is 0 Å². The Bertz CT molecular complexity index is 669. The predicted molar refractivity (Wildman–Crippen MR) is 59.5 cm³/mol. The summed E-state index contributed by atoms with van der Waals surface area (Å²) in [4.78, 5) is 16.2. The molecule has 0 aliphatic rings. The Morgan fingerprint density at radius 3 is 3.19 bits per heavy atom. The number of hydrogen-bond donors (Lipinski definition) is 0. The second-order valence-corrected chi connectivity index (χ2v) is 4.21. The zero-order valence-electron chi connectivity index (χ0n) is 8.16. The van der Waals surface area contributed by atoms with Gasteiger partial charge in [0, 0.05) is 6.07 Å². The molecule has 80 valence electrons. The van der Waals surface area contributed by atoms with E-state index in [9.17, 15) is 4.79 Å². The molecule has 0 saturated heterocycles. The van der Waals surface area contributed by atoms with Crippen molar-refractivity contribution in [2.45, 2.75) is 6.54 Å². The van der Waals surface area contributed by atoms with E-state index in [0.717, 1.165) is 5.52 Å². The van der Waals surface area contributed by atoms with Gasteiger partial charge in [-0.3, -0.25) is 9.36 Å². The van der Waals surface area contributed by atoms with Gasteiger partial charge in [0.1, 0.15) is 4.70 Å². The summed E-state index contributed by atoms with van der Waals surface area (Å²) in [5.74, 6) is 0.639. The molecule has 0 aromatic carbocycles. The van der Waals surface area contributed by atoms with Gasteiger partial charge in [-0.2, -0.15) is 0 Å². The minimum atomic E-state index is -0.0450. The molecular formula is C10H7N3O2S. The predicted octanol–water partition coefficient (Wildman–Crippen LogP) is 1.49. The van der Waals surface area contributed by atoms with Crippen LogP contribution in [-0.4, -0.2) is 14.7 Å². The van der Waals surface area contributed by atoms with Gasteiger partial charge in [0.15, 0.2) is 5.76 Å². The summed E-state index contributed by atoms with van der Waals surface area (Å²) in [5, 5.41) is 5.45. The molecule has 0 fully saturated rings. The van der Waals surface area contributed by atoms with Crippen molar-refractivity contribution in [3.8, 4) is 0 Å². The summed E-state index contributed by atoms with van der Waals surface area (Å²) in [6.45, 7) is 0.361. The van der Waals surface area contributed by atoms with Crippen LogP contribution in [0.1, 0.15) is 5.76 Å². The maximum Gasteiger partial charge on any atom is 0.271 e. The standard InChI is InChI=1S/C10H7N3O2S/c14-10-9-8(2-4-16-9)11-6-13(10)5-7-1-3-12-15-7/h1-4,6H,5H2. The molecule has 0 saturated carbocycles. The first-order chi connectivity index (χ1) is 7.84. The molecule has 5 nitrogen and oxygen atoms in total. The van der Waals surface area contributed by atoms with E-state index in [1.54, 1.807) is 12.3 Å². The average Bonchev–Trinajstić information content (AvgIpc) is 2.93. The first-order valence-electron chi connectivity index (χ1n) is 4.67. The second-order valence-electron chi connectivity index (χ2n) is 3.29. The van der Waals surface area contributed by atoms with Gasteiger partial charge < -0.3 is 4.52 Å². The summed E-state index contributed by atoms with van der Waals surface area (Å²) >= 11 is 1.40. The summed E-state index contributed by atoms with van der Waals surface area (Å²) in [6.07, 6.45) is 3.08. The number of thiophene rings is 1. The van der Waals surface area contributed by atoms with Crippen LogP contribution in [0.2, 0.25) is 0 Å². The summed E-state index contributed by atoms with van der Waals surface area (Å²) in [7, 11) is 0. The molecule has 16 heavy (non-hydrogen) atoms. The maximum atomic E-state index is 12.0. The molecule has 0 aliphatic heterocycles. The quantitative estimate of drug-likeness (QED) is 0.673. The molecule has 3 heterocycles. The lowest BCUT2D eigenvalue weighted by molar-refractivity contribution is 0.375. The molecule has 0 spiro atoms. The summed E-state index contributed by atoms with van der Waals surface area (Å²) < 4.78 is 7.13. The monoisotopic (exact) mass is 233 g/mol. The van der Waals surface area contributed by atoms with Crippen LogP contribution in [0.5, 0.6) is 0 Å². The fourth-order valence-corrected chi connectivity index (χ4v) is 2.28. The van der Waals surface area contributed by atoms with Crippen LogP contribution in [0.15, 0.2) is 39.4 Å². The first kappa shape index (κ1) is 9.29. The fraction of sp³-hybridized carbons (Fsp3) is 0.100. The maximum absolute atomic E-state index is 12.0. The molecule has 0 radical (unpaired) electrons. The number of fused-ring (bicyclic) bond motifs is 1. The fourth-order valence-electron chi connectivity index (χ4n) is 1.48. The highest BCUT2D eigenvalue weighted by molar-refractivity contribution is 7.17. The molecule has 0 atom stereocenters. The molecule has 6 heteroatoms. The average molecular weight is 233 g/mol. The minimum absolute atomic E-state index is 0.0450. The van der Waals surface area contributed by atoms with Gasteiger partial charge in [0.25, 0.3) is 5.56 Å². The van der Waals surface area contributed by atoms with Crippen LogP contribution >= 0.6 is 11.3 Å². The Labute approximate surface area is 94.0 Å². The molecule has 0 bridgehead atoms. The minimum Gasteiger partial charge on any atom is -0.359 e. The van der Waals surface area contributed by atoms with Crippen LogP contribution in [0.3, 0.4) is 0 Å². The third kappa shape index (κ3) is 1.43. The van der Waals surface area contributed by atoms with E-state index in [0.29, 0.717) is 17.0 Å². The number of nitrogens with zero attached hydrogens (tertiary/aromatic N) is 3. The third-order valence-electron chi connectivity index (χ3n) is 2.25. The zero-order chi connectivity index (χ0) is 11.0. The van der Waals surface area contributed by atoms with E-state index in [4.69, 9.17) is 4.52 Å². The van der Waals surface area contributed by atoms with Crippen molar-refractivity contribution in [1.82, 2.24) is 14.7 Å². The van der Waals surface area contributed by atoms with Crippen molar-refractivity contribution in [2.75, 3.05) is 0 Å². The van der Waals surface area contributed by atoms with Crippen LogP contribution in [-0.2, 0) is 6.54 Å². The van der Waals surface area contributed by atoms with Crippen LogP contribution in [0.25, 0.3) is 10.2 Å². The highest BCUT2D eigenvalue weighted by Gasteiger charge is 2.06. The van der Waals surface area contributed by atoms with Gasteiger partial charge in [-0.25, -0.2) is 4.98 Å². The van der Waals surface area contributed by atoms with Crippen molar-refractivity contribution in [2.24, 2.45) is 0 Å². The van der Waals surface area contributed by atoms with Crippen LogP contribution in [0, 0.1) is 0 Å². The van der Waals surface area contributed by atoms with Crippen LogP contribution in [0.4, 0.5) is 0 Å². The van der Waals surface area contributed by atoms with Crippen molar-refractivity contribution in [3.05, 3.63) is 46.2 Å². The van der Waals surface area contributed by atoms with E-state index < -0.39 is 0 Å². The molecule has 3 rings (SSSR count). The lowest BCUT2D eigenvalue weighted by atomic mass is 10.4. The highest BCUT2D eigenvalue weighted by Crippen LogP contribution is 2.13. The Balaban J connectivity index is 2.10. The van der Waals surface area contributed by atoms with E-state index >= 15 is 0 Å². The Morgan fingerprint density at radius 1 is 1.44 bits per heavy atom. The molecule has 0 N–H and O–H groups in total. The van der Waals surface area contributed by atoms with Gasteiger partial charge in [-0.15, -0.1) is 11.3 Å². The second kappa shape index (κ2) is 3.57. The Morgan fingerprint density at radius 2 is 2.38 bits per heavy atom. The first-order valence-corrected chi connectivity index (χ1v) is 5.55. The van der Waals surface area contributed by atoms with Crippen molar-refractivity contribution >= 4 is 21.6 Å². The van der Waals surface area contributed by atoms with Crippen molar-refractivity contribution < 1.29 is 4.52 Å². The normalized spacial score (nSPS) is 11.0. The lowest BCUT2D eigenvalue weighted by Gasteiger charge is -2.00. The van der Waals surface area contributed by atoms with Crippen molar-refractivity contribution in [1.29, 1.82) is 0 Å². The molecule has 0 aliphatic carbocycles. The third-order valence-corrected chi connectivity index (χ3v) is 3.14. The number of hydrogen-bond acceptors (Lipinski definition) is 5. The summed E-state index contributed by atoms with van der Waals surface area (Å²) in [5.41, 5.74) is 0.695. The lowest BCUT2D eigenvalue weighted by Crippen LogP contribution is -2.19. The van der Waals surface area contributed by atoms with Gasteiger partial charge in [-0.1, -0.05) is 5.16 Å². The van der Waals surface area contributed by atoms with E-state index in [-0.39, 0.29) is 5.56 Å². The topological polar surface area (TPSA) is 60.9 Å². The molecule has 0 unspecified atom stereocenters. The van der Waals surface area contributed by atoms with Crippen molar-refractivity contribution in [3.63, 3.8) is 0 Å². The smallest absolute Gasteiger partial charge is 0.271 e. The van der Waals surface area contributed by atoms with E-state index in [1.165, 1.54) is 22.2 Å². The van der Waals surface area contributed by atoms with E-state index in [2.05, 4.69) is 10.1 Å². The number of aromatic nitrogens is 3. The highest BCUT2D eigenvalue weighted by atomic mass is 32.1. The van der Waals surface area contributed by atoms with Gasteiger partial charge in [0.05, 0.1) is 24.6 Å². The summed E-state index contributed by atoms with van der Waals surface area (Å²) in [6, 6.07) is 3.56. The van der Waals surface area contributed by atoms with Gasteiger partial charge >= 0.3 is 0 Å². The van der Waals surface area contributed by atoms with Crippen LogP contribution < -0.4 is 5.56 Å². The van der Waals surface area contributed by atoms with Gasteiger partial charge in [-0.05, 0) is 11.4 Å².